The third kappa shape index (κ3) is 1.83. The van der Waals surface area contributed by atoms with Gasteiger partial charge in [0.15, 0.2) is 0 Å². The number of carbonyl (C=O) groups excluding carboxylic acids is 1. The summed E-state index contributed by atoms with van der Waals surface area (Å²) in [4.78, 5) is 20.1. The molecule has 0 bridgehead atoms. The zero-order chi connectivity index (χ0) is 10.0. The number of carbonyl (C=O) groups is 1. The van der Waals surface area contributed by atoms with Crippen molar-refractivity contribution in [2.24, 2.45) is 0 Å². The Morgan fingerprint density at radius 3 is 2.46 bits per heavy atom. The van der Waals surface area contributed by atoms with E-state index in [1.54, 1.807) is 0 Å². The van der Waals surface area contributed by atoms with Gasteiger partial charge in [-0.2, -0.15) is 0 Å². The molecule has 0 N–H and O–H groups in total. The summed E-state index contributed by atoms with van der Waals surface area (Å²) in [6, 6.07) is 3.89. The lowest BCUT2D eigenvalue weighted by molar-refractivity contribution is -0.385. The number of halogens is 1. The van der Waals surface area contributed by atoms with Crippen LogP contribution in [0, 0.1) is 10.1 Å². The van der Waals surface area contributed by atoms with Gasteiger partial charge >= 0.3 is 0 Å². The number of nitro benzene ring substituents is 1. The van der Waals surface area contributed by atoms with Gasteiger partial charge in [0.2, 0.25) is 0 Å². The molecule has 0 saturated heterocycles. The van der Waals surface area contributed by atoms with Gasteiger partial charge in [-0.3, -0.25) is 10.1 Å². The molecule has 0 saturated carbocycles. The highest BCUT2D eigenvalue weighted by atomic mass is 79.9. The maximum atomic E-state index is 10.5. The summed E-state index contributed by atoms with van der Waals surface area (Å²) in [6.07, 6.45) is 0. The molecule has 1 aromatic carbocycles. The van der Waals surface area contributed by atoms with E-state index in [1.165, 1.54) is 12.1 Å². The quantitative estimate of drug-likeness (QED) is 0.567. The number of rotatable bonds is 2. The number of nitro groups is 1. The SMILES string of the molecule is O=C([O-])c1c(Br)cccc1[N+](=O)[O-]. The lowest BCUT2D eigenvalue weighted by atomic mass is 10.2. The van der Waals surface area contributed by atoms with E-state index in [-0.39, 0.29) is 4.47 Å². The van der Waals surface area contributed by atoms with Gasteiger partial charge in [-0.25, -0.2) is 0 Å². The smallest absolute Gasteiger partial charge is 0.279 e. The fourth-order valence-corrected chi connectivity index (χ4v) is 1.38. The van der Waals surface area contributed by atoms with Crippen LogP contribution in [-0.2, 0) is 0 Å². The van der Waals surface area contributed by atoms with E-state index in [9.17, 15) is 20.0 Å². The highest BCUT2D eigenvalue weighted by Gasteiger charge is 2.16. The van der Waals surface area contributed by atoms with Crippen LogP contribution in [0.25, 0.3) is 0 Å². The fourth-order valence-electron chi connectivity index (χ4n) is 0.867. The van der Waals surface area contributed by atoms with Crippen LogP contribution >= 0.6 is 15.9 Å². The summed E-state index contributed by atoms with van der Waals surface area (Å²) >= 11 is 2.89. The topological polar surface area (TPSA) is 83.3 Å². The molecule has 0 fully saturated rings. The third-order valence-electron chi connectivity index (χ3n) is 1.39. The molecule has 0 heterocycles. The minimum absolute atomic E-state index is 0.140. The number of hydrogen-bond donors (Lipinski definition) is 0. The van der Waals surface area contributed by atoms with E-state index < -0.39 is 22.1 Å². The summed E-state index contributed by atoms with van der Waals surface area (Å²) < 4.78 is 0.140. The van der Waals surface area contributed by atoms with E-state index in [0.29, 0.717) is 0 Å². The average Bonchev–Trinajstić information content (AvgIpc) is 2.02. The molecule has 0 amide bonds. The second kappa shape index (κ2) is 3.53. The van der Waals surface area contributed by atoms with Crippen LogP contribution in [0.2, 0.25) is 0 Å². The first-order chi connectivity index (χ1) is 6.04. The van der Waals surface area contributed by atoms with Crippen LogP contribution in [0.3, 0.4) is 0 Å². The molecule has 0 radical (unpaired) electrons. The van der Waals surface area contributed by atoms with Gasteiger partial charge in [0.05, 0.1) is 16.5 Å². The summed E-state index contributed by atoms with van der Waals surface area (Å²) in [5.41, 5.74) is -0.915. The van der Waals surface area contributed by atoms with Gasteiger partial charge in [-0.05, 0) is 22.0 Å². The number of carboxylic acids is 1. The lowest BCUT2D eigenvalue weighted by Crippen LogP contribution is -2.23. The van der Waals surface area contributed by atoms with E-state index >= 15 is 0 Å². The molecular formula is C7H3BrNO4-. The van der Waals surface area contributed by atoms with Crippen LogP contribution in [0.15, 0.2) is 22.7 Å². The molecule has 0 aliphatic rings. The van der Waals surface area contributed by atoms with Gasteiger partial charge in [-0.1, -0.05) is 6.07 Å². The summed E-state index contributed by atoms with van der Waals surface area (Å²) in [6.45, 7) is 0. The Hall–Kier alpha value is -1.43. The van der Waals surface area contributed by atoms with Gasteiger partial charge < -0.3 is 9.90 Å². The Morgan fingerprint density at radius 2 is 2.08 bits per heavy atom. The molecule has 0 atom stereocenters. The lowest BCUT2D eigenvalue weighted by Gasteiger charge is -2.04. The molecule has 0 aliphatic carbocycles. The van der Waals surface area contributed by atoms with E-state index in [4.69, 9.17) is 0 Å². The molecule has 1 aromatic rings. The maximum absolute atomic E-state index is 10.5. The van der Waals surface area contributed by atoms with Crippen molar-refractivity contribution in [3.05, 3.63) is 38.3 Å². The van der Waals surface area contributed by atoms with Gasteiger partial charge in [0.25, 0.3) is 5.69 Å². The molecule has 13 heavy (non-hydrogen) atoms. The summed E-state index contributed by atoms with van der Waals surface area (Å²) in [5, 5.41) is 20.9. The molecular weight excluding hydrogens is 242 g/mol. The minimum Gasteiger partial charge on any atom is -0.545 e. The first-order valence-electron chi connectivity index (χ1n) is 3.18. The molecule has 0 unspecified atom stereocenters. The summed E-state index contributed by atoms with van der Waals surface area (Å²) in [5.74, 6) is -1.57. The molecule has 0 aromatic heterocycles. The zero-order valence-electron chi connectivity index (χ0n) is 6.19. The van der Waals surface area contributed by atoms with Crippen LogP contribution in [-0.4, -0.2) is 10.9 Å². The summed E-state index contributed by atoms with van der Waals surface area (Å²) in [7, 11) is 0. The monoisotopic (exact) mass is 244 g/mol. The first kappa shape index (κ1) is 9.66. The Kier molecular flexibility index (Phi) is 2.62. The third-order valence-corrected chi connectivity index (χ3v) is 2.05. The Balaban J connectivity index is 3.43. The number of nitrogens with zero attached hydrogens (tertiary/aromatic N) is 1. The predicted molar refractivity (Wildman–Crippen MR) is 45.1 cm³/mol. The second-order valence-corrected chi connectivity index (χ2v) is 3.03. The van der Waals surface area contributed by atoms with Crippen molar-refractivity contribution in [3.8, 4) is 0 Å². The van der Waals surface area contributed by atoms with E-state index in [2.05, 4.69) is 15.9 Å². The number of aromatic carboxylic acids is 1. The van der Waals surface area contributed by atoms with Crippen molar-refractivity contribution in [2.45, 2.75) is 0 Å². The standard InChI is InChI=1S/C7H4BrNO4/c8-4-2-1-3-5(9(12)13)6(4)7(10)11/h1-3H,(H,10,11)/p-1. The van der Waals surface area contributed by atoms with Gasteiger partial charge in [-0.15, -0.1) is 0 Å². The fraction of sp³-hybridized carbons (Fsp3) is 0. The number of benzene rings is 1. The molecule has 0 spiro atoms. The van der Waals surface area contributed by atoms with Crippen LogP contribution in [0.5, 0.6) is 0 Å². The maximum Gasteiger partial charge on any atom is 0.279 e. The van der Waals surface area contributed by atoms with Crippen LogP contribution < -0.4 is 5.11 Å². The van der Waals surface area contributed by atoms with E-state index in [1.807, 2.05) is 0 Å². The van der Waals surface area contributed by atoms with Crippen molar-refractivity contribution in [2.75, 3.05) is 0 Å². The average molecular weight is 245 g/mol. The Labute approximate surface area is 81.3 Å². The second-order valence-electron chi connectivity index (χ2n) is 2.18. The number of hydrogen-bond acceptors (Lipinski definition) is 4. The van der Waals surface area contributed by atoms with Gasteiger partial charge in [0, 0.05) is 10.5 Å². The molecule has 5 nitrogen and oxygen atoms in total. The molecule has 6 heteroatoms. The highest BCUT2D eigenvalue weighted by molar-refractivity contribution is 9.10. The van der Waals surface area contributed by atoms with Crippen LogP contribution in [0.1, 0.15) is 10.4 Å². The predicted octanol–water partition coefficient (Wildman–Crippen LogP) is 0.721. The number of carboxylic acid groups (broad SMARTS) is 1. The molecule has 0 aliphatic heterocycles. The van der Waals surface area contributed by atoms with Gasteiger partial charge in [0.1, 0.15) is 0 Å². The van der Waals surface area contributed by atoms with Crippen molar-refractivity contribution in [3.63, 3.8) is 0 Å². The van der Waals surface area contributed by atoms with Crippen molar-refractivity contribution >= 4 is 27.6 Å². The molecule has 68 valence electrons. The van der Waals surface area contributed by atoms with Crippen molar-refractivity contribution < 1.29 is 14.8 Å². The highest BCUT2D eigenvalue weighted by Crippen LogP contribution is 2.25. The Bertz CT molecular complexity index is 377. The largest absolute Gasteiger partial charge is 0.545 e. The first-order valence-corrected chi connectivity index (χ1v) is 3.97. The normalized spacial score (nSPS) is 9.62. The Morgan fingerprint density at radius 1 is 1.46 bits per heavy atom. The zero-order valence-corrected chi connectivity index (χ0v) is 7.78. The van der Waals surface area contributed by atoms with Crippen molar-refractivity contribution in [1.29, 1.82) is 0 Å². The molecule has 1 rings (SSSR count). The van der Waals surface area contributed by atoms with E-state index in [0.717, 1.165) is 6.07 Å². The van der Waals surface area contributed by atoms with Crippen molar-refractivity contribution in [1.82, 2.24) is 0 Å². The van der Waals surface area contributed by atoms with Crippen LogP contribution in [0.4, 0.5) is 5.69 Å². The minimum atomic E-state index is -1.57.